The standard InChI is InChI=1S/C28H33N7OS/c1-19(9-10-22-21(3)23(11-12-28(22,4)5)34-14-13-29-17-34)7-6-8-20(2)15-24(36)33-35-18-32-25-26(35)30-16-31-27(25)37/h6-10,13-18,23H,11-12H2,1-5H3,(H,33,36)(H,30,31,37). The lowest BCUT2D eigenvalue weighted by atomic mass is 9.71. The fraction of sp³-hybridized carbons (Fsp3) is 0.321. The maximum atomic E-state index is 12.5. The van der Waals surface area contributed by atoms with E-state index >= 15 is 0 Å². The van der Waals surface area contributed by atoms with Crippen LogP contribution < -0.4 is 5.43 Å². The van der Waals surface area contributed by atoms with Crippen molar-refractivity contribution in [3.05, 3.63) is 94.8 Å². The summed E-state index contributed by atoms with van der Waals surface area (Å²) in [6.07, 6.45) is 22.9. The Morgan fingerprint density at radius 1 is 1.22 bits per heavy atom. The van der Waals surface area contributed by atoms with Gasteiger partial charge in [0.15, 0.2) is 10.3 Å². The van der Waals surface area contributed by atoms with Gasteiger partial charge in [-0.1, -0.05) is 62.0 Å². The monoisotopic (exact) mass is 515 g/mol. The van der Waals surface area contributed by atoms with Crippen molar-refractivity contribution in [2.24, 2.45) is 5.41 Å². The normalized spacial score (nSPS) is 18.9. The highest BCUT2D eigenvalue weighted by atomic mass is 32.1. The molecule has 0 saturated carbocycles. The lowest BCUT2D eigenvalue weighted by Crippen LogP contribution is -2.25. The van der Waals surface area contributed by atoms with E-state index in [1.165, 1.54) is 34.6 Å². The number of carbonyl (C=O) groups is 1. The summed E-state index contributed by atoms with van der Waals surface area (Å²) in [7, 11) is 0. The number of aromatic nitrogens is 6. The first-order chi connectivity index (χ1) is 17.7. The minimum atomic E-state index is -0.271. The first-order valence-corrected chi connectivity index (χ1v) is 12.7. The molecule has 8 nitrogen and oxygen atoms in total. The van der Waals surface area contributed by atoms with Gasteiger partial charge in [0.25, 0.3) is 5.91 Å². The number of aromatic amines is 1. The summed E-state index contributed by atoms with van der Waals surface area (Å²) >= 11 is 5.16. The molecule has 192 valence electrons. The molecule has 0 aromatic carbocycles. The molecule has 1 amide bonds. The molecule has 0 spiro atoms. The third-order valence-corrected chi connectivity index (χ3v) is 7.05. The summed E-state index contributed by atoms with van der Waals surface area (Å²) < 4.78 is 4.08. The molecule has 4 rings (SSSR count). The summed E-state index contributed by atoms with van der Waals surface area (Å²) in [5.74, 6) is -0.271. The van der Waals surface area contributed by atoms with Gasteiger partial charge in [0.2, 0.25) is 0 Å². The van der Waals surface area contributed by atoms with Crippen LogP contribution in [0.15, 0.2) is 90.1 Å². The number of allylic oxidation sites excluding steroid dienone is 9. The third kappa shape index (κ3) is 6.11. The van der Waals surface area contributed by atoms with Crippen LogP contribution in [0.4, 0.5) is 0 Å². The van der Waals surface area contributed by atoms with Crippen LogP contribution in [0.25, 0.3) is 11.2 Å². The first kappa shape index (κ1) is 26.2. The molecule has 3 aromatic rings. The highest BCUT2D eigenvalue weighted by Gasteiger charge is 2.32. The number of H-pyrrole nitrogens is 1. The van der Waals surface area contributed by atoms with Gasteiger partial charge in [-0.15, -0.1) is 0 Å². The molecule has 9 heteroatoms. The highest BCUT2D eigenvalue weighted by Crippen LogP contribution is 2.45. The topological polar surface area (TPSA) is 93.4 Å². The molecule has 1 aliphatic rings. The Morgan fingerprint density at radius 2 is 2.03 bits per heavy atom. The number of amides is 1. The minimum Gasteiger partial charge on any atom is -0.330 e. The average Bonchev–Trinajstić information content (AvgIpc) is 3.50. The summed E-state index contributed by atoms with van der Waals surface area (Å²) in [5, 5.41) is 0. The Morgan fingerprint density at radius 3 is 2.78 bits per heavy atom. The van der Waals surface area contributed by atoms with E-state index in [1.807, 2.05) is 43.9 Å². The second kappa shape index (κ2) is 11.0. The summed E-state index contributed by atoms with van der Waals surface area (Å²) in [6.45, 7) is 10.8. The van der Waals surface area contributed by atoms with Crippen LogP contribution in [0, 0.1) is 10.1 Å². The molecule has 37 heavy (non-hydrogen) atoms. The molecule has 3 heterocycles. The van der Waals surface area contributed by atoms with E-state index in [4.69, 9.17) is 12.2 Å². The highest BCUT2D eigenvalue weighted by molar-refractivity contribution is 7.71. The summed E-state index contributed by atoms with van der Waals surface area (Å²) in [6, 6.07) is 0.353. The molecule has 0 radical (unpaired) electrons. The van der Waals surface area contributed by atoms with E-state index in [9.17, 15) is 4.79 Å². The van der Waals surface area contributed by atoms with Crippen molar-refractivity contribution in [2.45, 2.75) is 53.5 Å². The minimum absolute atomic E-state index is 0.127. The number of imidazole rings is 2. The maximum Gasteiger partial charge on any atom is 0.263 e. The van der Waals surface area contributed by atoms with Crippen molar-refractivity contribution in [3.8, 4) is 0 Å². The van der Waals surface area contributed by atoms with Crippen molar-refractivity contribution in [3.63, 3.8) is 0 Å². The van der Waals surface area contributed by atoms with Gasteiger partial charge >= 0.3 is 0 Å². The van der Waals surface area contributed by atoms with Crippen LogP contribution in [0.3, 0.4) is 0 Å². The van der Waals surface area contributed by atoms with E-state index in [0.717, 1.165) is 24.0 Å². The Labute approximate surface area is 222 Å². The van der Waals surface area contributed by atoms with Gasteiger partial charge in [-0.3, -0.25) is 10.2 Å². The fourth-order valence-corrected chi connectivity index (χ4v) is 4.92. The second-order valence-electron chi connectivity index (χ2n) is 10.0. The number of rotatable bonds is 7. The molecular weight excluding hydrogens is 482 g/mol. The third-order valence-electron chi connectivity index (χ3n) is 6.76. The van der Waals surface area contributed by atoms with Gasteiger partial charge in [-0.25, -0.2) is 19.6 Å². The zero-order chi connectivity index (χ0) is 26.6. The van der Waals surface area contributed by atoms with Crippen LogP contribution in [0.5, 0.6) is 0 Å². The molecule has 1 atom stereocenters. The van der Waals surface area contributed by atoms with E-state index < -0.39 is 0 Å². The van der Waals surface area contributed by atoms with Crippen LogP contribution >= 0.6 is 12.2 Å². The Bertz CT molecular complexity index is 1500. The van der Waals surface area contributed by atoms with Crippen LogP contribution in [0.2, 0.25) is 0 Å². The zero-order valence-corrected chi connectivity index (χ0v) is 22.7. The fourth-order valence-electron chi connectivity index (χ4n) is 4.71. The predicted octanol–water partition coefficient (Wildman–Crippen LogP) is 6.14. The molecule has 2 N–H and O–H groups in total. The summed E-state index contributed by atoms with van der Waals surface area (Å²) in [4.78, 5) is 27.8. The molecule has 3 aromatic heterocycles. The molecule has 1 aliphatic carbocycles. The number of hydrogen-bond donors (Lipinski definition) is 2. The van der Waals surface area contributed by atoms with Crippen LogP contribution in [-0.4, -0.2) is 35.1 Å². The number of carbonyl (C=O) groups excluding carboxylic acids is 1. The van der Waals surface area contributed by atoms with Crippen molar-refractivity contribution >= 4 is 29.3 Å². The van der Waals surface area contributed by atoms with E-state index in [0.29, 0.717) is 21.8 Å². The quantitative estimate of drug-likeness (QED) is 0.224. The van der Waals surface area contributed by atoms with E-state index in [1.54, 1.807) is 0 Å². The second-order valence-corrected chi connectivity index (χ2v) is 10.4. The maximum absolute atomic E-state index is 12.5. The molecule has 0 aliphatic heterocycles. The van der Waals surface area contributed by atoms with Gasteiger partial charge < -0.3 is 9.55 Å². The van der Waals surface area contributed by atoms with Crippen LogP contribution in [0.1, 0.15) is 53.5 Å². The molecular formula is C28H33N7OS. The molecule has 1 unspecified atom stereocenters. The van der Waals surface area contributed by atoms with Crippen molar-refractivity contribution in [1.82, 2.24) is 29.2 Å². The lowest BCUT2D eigenvalue weighted by molar-refractivity contribution is -0.112. The van der Waals surface area contributed by atoms with Gasteiger partial charge in [0.1, 0.15) is 11.8 Å². The smallest absolute Gasteiger partial charge is 0.263 e. The van der Waals surface area contributed by atoms with E-state index in [2.05, 4.69) is 69.8 Å². The first-order valence-electron chi connectivity index (χ1n) is 12.3. The zero-order valence-electron chi connectivity index (χ0n) is 21.9. The number of hydrogen-bond acceptors (Lipinski definition) is 5. The van der Waals surface area contributed by atoms with Gasteiger partial charge in [-0.2, -0.15) is 0 Å². The van der Waals surface area contributed by atoms with Gasteiger partial charge in [0.05, 0.1) is 18.7 Å². The Kier molecular flexibility index (Phi) is 7.83. The predicted molar refractivity (Wildman–Crippen MR) is 150 cm³/mol. The van der Waals surface area contributed by atoms with Crippen LogP contribution in [-0.2, 0) is 4.79 Å². The Hall–Kier alpha value is -3.85. The number of nitrogens with one attached hydrogen (secondary N) is 2. The molecule has 0 bridgehead atoms. The largest absolute Gasteiger partial charge is 0.330 e. The average molecular weight is 516 g/mol. The van der Waals surface area contributed by atoms with E-state index in [-0.39, 0.29) is 11.3 Å². The van der Waals surface area contributed by atoms with Gasteiger partial charge in [0, 0.05) is 18.5 Å². The van der Waals surface area contributed by atoms with Crippen molar-refractivity contribution < 1.29 is 4.79 Å². The molecule has 0 fully saturated rings. The number of fused-ring (bicyclic) bond motifs is 1. The Balaban J connectivity index is 1.42. The van der Waals surface area contributed by atoms with Gasteiger partial charge in [-0.05, 0) is 55.7 Å². The molecule has 0 saturated heterocycles. The van der Waals surface area contributed by atoms with Crippen molar-refractivity contribution in [2.75, 3.05) is 5.43 Å². The lowest BCUT2D eigenvalue weighted by Gasteiger charge is -2.37. The summed E-state index contributed by atoms with van der Waals surface area (Å²) in [5.41, 5.74) is 8.73. The SMILES string of the molecule is CC(C=CC1=C(C)C(n2ccnc2)CCC1(C)C)=CC=CC(C)=CC(=O)Nn1cnc2c(=S)nc[nH]c21. The van der Waals surface area contributed by atoms with Crippen molar-refractivity contribution in [1.29, 1.82) is 0 Å². The number of nitrogens with zero attached hydrogens (tertiary/aromatic N) is 5.